The van der Waals surface area contributed by atoms with Crippen molar-refractivity contribution in [3.05, 3.63) is 0 Å². The van der Waals surface area contributed by atoms with Crippen LogP contribution in [-0.2, 0) is 19.1 Å². The minimum Gasteiger partial charge on any atom is -0.469 e. The summed E-state index contributed by atoms with van der Waals surface area (Å²) in [5, 5.41) is 2.71. The number of amides is 2. The Hall–Kier alpha value is -1.86. The normalized spacial score (nSPS) is 31.2. The molecular formula is C18H29FN2O5. The van der Waals surface area contributed by atoms with Gasteiger partial charge in [0.25, 0.3) is 0 Å². The van der Waals surface area contributed by atoms with Crippen molar-refractivity contribution in [1.29, 1.82) is 0 Å². The Bertz CT molecular complexity index is 568. The number of methoxy groups -OCH3 is 1. The summed E-state index contributed by atoms with van der Waals surface area (Å²) in [6.45, 7) is 7.13. The average Bonchev–Trinajstić information content (AvgIpc) is 2.82. The van der Waals surface area contributed by atoms with Gasteiger partial charge in [0.15, 0.2) is 0 Å². The van der Waals surface area contributed by atoms with E-state index in [-0.39, 0.29) is 31.2 Å². The molecular weight excluding hydrogens is 343 g/mol. The Morgan fingerprint density at radius 3 is 2.38 bits per heavy atom. The first-order valence-corrected chi connectivity index (χ1v) is 8.99. The number of alkyl halides is 1. The summed E-state index contributed by atoms with van der Waals surface area (Å²) >= 11 is 0. The van der Waals surface area contributed by atoms with Crippen molar-refractivity contribution in [2.45, 2.75) is 76.7 Å². The molecule has 2 atom stereocenters. The van der Waals surface area contributed by atoms with Gasteiger partial charge in [0, 0.05) is 12.5 Å². The fraction of sp³-hybridized carbons (Fsp3) is 0.833. The Morgan fingerprint density at radius 2 is 1.88 bits per heavy atom. The van der Waals surface area contributed by atoms with Crippen molar-refractivity contribution >= 4 is 18.0 Å². The molecule has 2 amide bonds. The number of hydrogen-bond donors (Lipinski definition) is 1. The lowest BCUT2D eigenvalue weighted by Gasteiger charge is -2.47. The van der Waals surface area contributed by atoms with Crippen LogP contribution >= 0.6 is 0 Å². The molecule has 1 heterocycles. The highest BCUT2D eigenvalue weighted by atomic mass is 19.1. The lowest BCUT2D eigenvalue weighted by atomic mass is 9.68. The van der Waals surface area contributed by atoms with Gasteiger partial charge in [-0.15, -0.1) is 0 Å². The molecule has 0 unspecified atom stereocenters. The number of carbonyl (C=O) groups is 3. The summed E-state index contributed by atoms with van der Waals surface area (Å²) in [6, 6.07) is -0.557. The number of nitrogens with zero attached hydrogens (tertiary/aromatic N) is 1. The molecule has 1 N–H and O–H groups in total. The van der Waals surface area contributed by atoms with Crippen LogP contribution in [0.5, 0.6) is 0 Å². The monoisotopic (exact) mass is 372 g/mol. The van der Waals surface area contributed by atoms with Crippen molar-refractivity contribution in [3.8, 4) is 0 Å². The predicted molar refractivity (Wildman–Crippen MR) is 92.1 cm³/mol. The predicted octanol–water partition coefficient (Wildman–Crippen LogP) is 2.18. The van der Waals surface area contributed by atoms with Crippen molar-refractivity contribution < 1.29 is 28.2 Å². The van der Waals surface area contributed by atoms with Crippen LogP contribution in [0.3, 0.4) is 0 Å². The molecule has 1 saturated carbocycles. The van der Waals surface area contributed by atoms with Crippen LogP contribution in [0, 0.1) is 5.92 Å². The van der Waals surface area contributed by atoms with E-state index < -0.39 is 35.4 Å². The Labute approximate surface area is 153 Å². The van der Waals surface area contributed by atoms with Gasteiger partial charge in [0.05, 0.1) is 20.1 Å². The van der Waals surface area contributed by atoms with Gasteiger partial charge in [-0.3, -0.25) is 9.59 Å². The first kappa shape index (κ1) is 20.5. The number of alkyl carbamates (subject to hydrolysis) is 1. The number of halogens is 1. The Kier molecular flexibility index (Phi) is 5.82. The molecule has 7 nitrogen and oxygen atoms in total. The number of hydrogen-bond acceptors (Lipinski definition) is 5. The molecule has 0 aromatic carbocycles. The quantitative estimate of drug-likeness (QED) is 0.765. The summed E-state index contributed by atoms with van der Waals surface area (Å²) in [5.74, 6) is -0.578. The number of rotatable bonds is 4. The standard InChI is InChI=1S/C18H29FN2O5/c1-11-8-18(9-11,20-16(24)26-17(2,3)4)15(23)21-10-12(19)6-13(21)7-14(22)25-5/h11-13H,6-10H2,1-5H3,(H,20,24)/t11?,12-,13-,18?/m0/s1. The molecule has 1 saturated heterocycles. The summed E-state index contributed by atoms with van der Waals surface area (Å²) in [6.07, 6.45) is -0.894. The Balaban J connectivity index is 2.14. The second-order valence-electron chi connectivity index (χ2n) is 8.45. The summed E-state index contributed by atoms with van der Waals surface area (Å²) in [5.41, 5.74) is -1.78. The van der Waals surface area contributed by atoms with Crippen molar-refractivity contribution in [2.75, 3.05) is 13.7 Å². The molecule has 0 radical (unpaired) electrons. The molecule has 0 bridgehead atoms. The summed E-state index contributed by atoms with van der Waals surface area (Å²) < 4.78 is 23.9. The van der Waals surface area contributed by atoms with Crippen LogP contribution in [0.15, 0.2) is 0 Å². The average molecular weight is 372 g/mol. The fourth-order valence-corrected chi connectivity index (χ4v) is 3.81. The number of nitrogens with one attached hydrogen (secondary N) is 1. The van der Waals surface area contributed by atoms with Crippen LogP contribution in [0.2, 0.25) is 0 Å². The third-order valence-electron chi connectivity index (χ3n) is 4.80. The maximum atomic E-state index is 14.0. The summed E-state index contributed by atoms with van der Waals surface area (Å²) in [7, 11) is 1.26. The topological polar surface area (TPSA) is 84.9 Å². The third kappa shape index (κ3) is 4.65. The Morgan fingerprint density at radius 1 is 1.27 bits per heavy atom. The lowest BCUT2D eigenvalue weighted by Crippen LogP contribution is -2.66. The minimum atomic E-state index is -1.19. The molecule has 148 valence electrons. The van der Waals surface area contributed by atoms with Crippen LogP contribution < -0.4 is 5.32 Å². The van der Waals surface area contributed by atoms with Gasteiger partial charge in [-0.1, -0.05) is 6.92 Å². The molecule has 8 heteroatoms. The lowest BCUT2D eigenvalue weighted by molar-refractivity contribution is -0.148. The van der Waals surface area contributed by atoms with E-state index in [1.165, 1.54) is 12.0 Å². The smallest absolute Gasteiger partial charge is 0.408 e. The fourth-order valence-electron chi connectivity index (χ4n) is 3.81. The zero-order chi connectivity index (χ0) is 19.7. The van der Waals surface area contributed by atoms with E-state index in [0.717, 1.165) is 0 Å². The van der Waals surface area contributed by atoms with Gasteiger partial charge < -0.3 is 19.7 Å². The molecule has 1 aliphatic carbocycles. The van der Waals surface area contributed by atoms with Crippen LogP contribution in [0.25, 0.3) is 0 Å². The first-order valence-electron chi connectivity index (χ1n) is 8.99. The van der Waals surface area contributed by atoms with Crippen molar-refractivity contribution in [2.24, 2.45) is 5.92 Å². The molecule has 0 spiro atoms. The SMILES string of the molecule is COC(=O)C[C@@H]1C[C@H](F)CN1C(=O)C1(NC(=O)OC(C)(C)C)CC(C)C1. The van der Waals surface area contributed by atoms with E-state index in [1.807, 2.05) is 6.92 Å². The number of ether oxygens (including phenoxy) is 2. The van der Waals surface area contributed by atoms with Gasteiger partial charge in [-0.05, 0) is 39.5 Å². The molecule has 0 aromatic heterocycles. The number of likely N-dealkylation sites (tertiary alicyclic amines) is 1. The molecule has 2 rings (SSSR count). The zero-order valence-corrected chi connectivity index (χ0v) is 16.1. The largest absolute Gasteiger partial charge is 0.469 e. The second kappa shape index (κ2) is 7.40. The zero-order valence-electron chi connectivity index (χ0n) is 16.1. The number of carbonyl (C=O) groups excluding carboxylic acids is 3. The number of esters is 1. The van der Waals surface area contributed by atoms with Gasteiger partial charge in [0.2, 0.25) is 5.91 Å². The van der Waals surface area contributed by atoms with Crippen LogP contribution in [0.4, 0.5) is 9.18 Å². The minimum absolute atomic E-state index is 0.0548. The van der Waals surface area contributed by atoms with E-state index in [2.05, 4.69) is 10.1 Å². The summed E-state index contributed by atoms with van der Waals surface area (Å²) in [4.78, 5) is 38.3. The third-order valence-corrected chi connectivity index (χ3v) is 4.80. The molecule has 0 aromatic rings. The van der Waals surface area contributed by atoms with Gasteiger partial charge in [-0.25, -0.2) is 9.18 Å². The molecule has 2 fully saturated rings. The van der Waals surface area contributed by atoms with Crippen molar-refractivity contribution in [1.82, 2.24) is 10.2 Å². The van der Waals surface area contributed by atoms with Crippen molar-refractivity contribution in [3.63, 3.8) is 0 Å². The van der Waals surface area contributed by atoms with E-state index in [9.17, 15) is 18.8 Å². The molecule has 2 aliphatic rings. The van der Waals surface area contributed by atoms with E-state index in [1.54, 1.807) is 20.8 Å². The van der Waals surface area contributed by atoms with E-state index in [0.29, 0.717) is 12.8 Å². The van der Waals surface area contributed by atoms with Crippen LogP contribution in [0.1, 0.15) is 53.4 Å². The molecule has 1 aliphatic heterocycles. The second-order valence-corrected chi connectivity index (χ2v) is 8.45. The molecule has 26 heavy (non-hydrogen) atoms. The van der Waals surface area contributed by atoms with E-state index >= 15 is 0 Å². The van der Waals surface area contributed by atoms with Gasteiger partial charge >= 0.3 is 12.1 Å². The van der Waals surface area contributed by atoms with E-state index in [4.69, 9.17) is 4.74 Å². The highest BCUT2D eigenvalue weighted by Crippen LogP contribution is 2.41. The highest BCUT2D eigenvalue weighted by molar-refractivity contribution is 5.92. The van der Waals surface area contributed by atoms with Gasteiger partial charge in [0.1, 0.15) is 17.3 Å². The van der Waals surface area contributed by atoms with Gasteiger partial charge in [-0.2, -0.15) is 0 Å². The first-order chi connectivity index (χ1) is 12.0. The maximum absolute atomic E-state index is 14.0. The maximum Gasteiger partial charge on any atom is 0.408 e. The van der Waals surface area contributed by atoms with Crippen LogP contribution in [-0.4, -0.2) is 59.9 Å². The highest BCUT2D eigenvalue weighted by Gasteiger charge is 2.54.